The molecule has 7 heteroatoms. The van der Waals surface area contributed by atoms with Gasteiger partial charge in [0.1, 0.15) is 5.75 Å². The summed E-state index contributed by atoms with van der Waals surface area (Å²) in [5.74, 6) is 0.753. The Bertz CT molecular complexity index is 774. The number of benzene rings is 2. The van der Waals surface area contributed by atoms with E-state index in [9.17, 15) is 13.2 Å². The van der Waals surface area contributed by atoms with Gasteiger partial charge in [-0.05, 0) is 36.2 Å². The van der Waals surface area contributed by atoms with Gasteiger partial charge in [-0.15, -0.1) is 0 Å². The highest BCUT2D eigenvalue weighted by Crippen LogP contribution is 2.11. The molecule has 25 heavy (non-hydrogen) atoms. The summed E-state index contributed by atoms with van der Waals surface area (Å²) in [6.45, 7) is 0.679. The van der Waals surface area contributed by atoms with Crippen molar-refractivity contribution in [2.24, 2.45) is 0 Å². The number of hydrogen-bond acceptors (Lipinski definition) is 4. The van der Waals surface area contributed by atoms with Crippen LogP contribution in [0.1, 0.15) is 12.0 Å². The molecule has 134 valence electrons. The van der Waals surface area contributed by atoms with Gasteiger partial charge in [0.25, 0.3) is 0 Å². The van der Waals surface area contributed by atoms with Crippen LogP contribution in [0.5, 0.6) is 5.75 Å². The molecule has 2 N–H and O–H groups in total. The Hall–Kier alpha value is -2.54. The maximum absolute atomic E-state index is 12.1. The smallest absolute Gasteiger partial charge is 0.315 e. The normalized spacial score (nSPS) is 10.9. The van der Waals surface area contributed by atoms with E-state index < -0.39 is 9.84 Å². The van der Waals surface area contributed by atoms with Crippen LogP contribution in [-0.4, -0.2) is 33.9 Å². The van der Waals surface area contributed by atoms with E-state index >= 15 is 0 Å². The van der Waals surface area contributed by atoms with Gasteiger partial charge in [-0.25, -0.2) is 13.2 Å². The first kappa shape index (κ1) is 18.8. The van der Waals surface area contributed by atoms with Crippen LogP contribution in [0.2, 0.25) is 0 Å². The molecule has 0 radical (unpaired) electrons. The molecule has 0 aliphatic carbocycles. The van der Waals surface area contributed by atoms with Gasteiger partial charge in [0, 0.05) is 13.1 Å². The fourth-order valence-corrected chi connectivity index (χ4v) is 3.53. The number of hydrogen-bond donors (Lipinski definition) is 2. The summed E-state index contributed by atoms with van der Waals surface area (Å²) >= 11 is 0. The van der Waals surface area contributed by atoms with E-state index in [1.165, 1.54) is 0 Å². The van der Waals surface area contributed by atoms with Crippen molar-refractivity contribution in [1.82, 2.24) is 10.6 Å². The lowest BCUT2D eigenvalue weighted by Crippen LogP contribution is -2.36. The molecular weight excluding hydrogens is 340 g/mol. The molecule has 0 bridgehead atoms. The molecule has 0 unspecified atom stereocenters. The van der Waals surface area contributed by atoms with Crippen LogP contribution >= 0.6 is 0 Å². The quantitative estimate of drug-likeness (QED) is 0.706. The zero-order chi connectivity index (χ0) is 18.1. The van der Waals surface area contributed by atoms with Gasteiger partial charge >= 0.3 is 6.03 Å². The number of sulfone groups is 1. The van der Waals surface area contributed by atoms with Crippen molar-refractivity contribution in [3.63, 3.8) is 0 Å². The summed E-state index contributed by atoms with van der Waals surface area (Å²) < 4.78 is 29.3. The molecule has 6 nitrogen and oxygen atoms in total. The lowest BCUT2D eigenvalue weighted by molar-refractivity contribution is 0.240. The second kappa shape index (κ2) is 9.08. The molecule has 0 saturated carbocycles. The Labute approximate surface area is 148 Å². The minimum Gasteiger partial charge on any atom is -0.497 e. The summed E-state index contributed by atoms with van der Waals surface area (Å²) in [5.41, 5.74) is 0.947. The number of urea groups is 1. The Kier molecular flexibility index (Phi) is 6.82. The summed E-state index contributed by atoms with van der Waals surface area (Å²) in [4.78, 5) is 12.0. The van der Waals surface area contributed by atoms with Crippen molar-refractivity contribution in [1.29, 1.82) is 0 Å². The fraction of sp³-hybridized carbons (Fsp3) is 0.278. The van der Waals surface area contributed by atoms with Gasteiger partial charge in [-0.2, -0.15) is 0 Å². The molecule has 2 aromatic rings. The van der Waals surface area contributed by atoms with Crippen LogP contribution < -0.4 is 15.4 Å². The molecule has 2 rings (SSSR count). The second-order valence-electron chi connectivity index (χ2n) is 5.44. The largest absolute Gasteiger partial charge is 0.497 e. The van der Waals surface area contributed by atoms with E-state index in [0.29, 0.717) is 24.4 Å². The topological polar surface area (TPSA) is 84.5 Å². The maximum Gasteiger partial charge on any atom is 0.315 e. The monoisotopic (exact) mass is 362 g/mol. The molecule has 0 saturated heterocycles. The number of methoxy groups -OCH3 is 1. The van der Waals surface area contributed by atoms with Crippen molar-refractivity contribution >= 4 is 15.9 Å². The number of amides is 2. The molecule has 0 aromatic heterocycles. The van der Waals surface area contributed by atoms with E-state index in [1.54, 1.807) is 37.4 Å². The first-order valence-electron chi connectivity index (χ1n) is 7.94. The van der Waals surface area contributed by atoms with Crippen LogP contribution in [0, 0.1) is 0 Å². The van der Waals surface area contributed by atoms with Crippen molar-refractivity contribution in [2.45, 2.75) is 17.9 Å². The lowest BCUT2D eigenvalue weighted by Gasteiger charge is -2.09. The SMILES string of the molecule is COc1ccc(CNC(=O)NCCCS(=O)(=O)c2ccccc2)cc1. The summed E-state index contributed by atoms with van der Waals surface area (Å²) in [7, 11) is -1.71. The third-order valence-corrected chi connectivity index (χ3v) is 5.41. The molecule has 2 amide bonds. The summed E-state index contributed by atoms with van der Waals surface area (Å²) in [5, 5.41) is 5.39. The Morgan fingerprint density at radius 1 is 1.00 bits per heavy atom. The van der Waals surface area contributed by atoms with Crippen LogP contribution in [-0.2, 0) is 16.4 Å². The van der Waals surface area contributed by atoms with Gasteiger partial charge in [0.2, 0.25) is 0 Å². The molecule has 0 heterocycles. The summed E-state index contributed by atoms with van der Waals surface area (Å²) in [6.07, 6.45) is 0.354. The van der Waals surface area contributed by atoms with E-state index in [4.69, 9.17) is 4.74 Å². The third kappa shape index (κ3) is 6.11. The molecule has 0 aliphatic rings. The predicted molar refractivity (Wildman–Crippen MR) is 96.3 cm³/mol. The van der Waals surface area contributed by atoms with Gasteiger partial charge in [0.15, 0.2) is 9.84 Å². The number of carbonyl (C=O) groups is 1. The lowest BCUT2D eigenvalue weighted by atomic mass is 10.2. The van der Waals surface area contributed by atoms with Crippen LogP contribution in [0.25, 0.3) is 0 Å². The first-order valence-corrected chi connectivity index (χ1v) is 9.59. The average Bonchev–Trinajstić information content (AvgIpc) is 2.64. The third-order valence-electron chi connectivity index (χ3n) is 3.59. The Balaban J connectivity index is 1.68. The second-order valence-corrected chi connectivity index (χ2v) is 7.55. The van der Waals surface area contributed by atoms with Crippen molar-refractivity contribution in [3.05, 3.63) is 60.2 Å². The zero-order valence-corrected chi connectivity index (χ0v) is 14.9. The standard InChI is InChI=1S/C18H22N2O4S/c1-24-16-10-8-15(9-11-16)14-20-18(21)19-12-5-13-25(22,23)17-6-3-2-4-7-17/h2-4,6-11H,5,12-14H2,1H3,(H2,19,20,21). The molecule has 0 atom stereocenters. The van der Waals surface area contributed by atoms with Crippen molar-refractivity contribution in [3.8, 4) is 5.75 Å². The highest BCUT2D eigenvalue weighted by molar-refractivity contribution is 7.91. The van der Waals surface area contributed by atoms with Gasteiger partial charge < -0.3 is 15.4 Å². The number of rotatable bonds is 8. The first-order chi connectivity index (χ1) is 12.0. The molecule has 0 fully saturated rings. The van der Waals surface area contributed by atoms with Crippen molar-refractivity contribution < 1.29 is 17.9 Å². The van der Waals surface area contributed by atoms with Crippen LogP contribution in [0.4, 0.5) is 4.79 Å². The predicted octanol–water partition coefficient (Wildman–Crippen LogP) is 2.36. The van der Waals surface area contributed by atoms with E-state index in [1.807, 2.05) is 24.3 Å². The Morgan fingerprint density at radius 2 is 1.68 bits per heavy atom. The molecular formula is C18H22N2O4S. The number of ether oxygens (including phenoxy) is 1. The van der Waals surface area contributed by atoms with Crippen LogP contribution in [0.15, 0.2) is 59.5 Å². The molecule has 0 aliphatic heterocycles. The van der Waals surface area contributed by atoms with Gasteiger partial charge in [-0.3, -0.25) is 0 Å². The van der Waals surface area contributed by atoms with Gasteiger partial charge in [0.05, 0.1) is 17.8 Å². The highest BCUT2D eigenvalue weighted by Gasteiger charge is 2.13. The summed E-state index contributed by atoms with van der Waals surface area (Å²) in [6, 6.07) is 15.4. The van der Waals surface area contributed by atoms with E-state index in [-0.39, 0.29) is 11.8 Å². The highest BCUT2D eigenvalue weighted by atomic mass is 32.2. The van der Waals surface area contributed by atoms with Gasteiger partial charge in [-0.1, -0.05) is 30.3 Å². The maximum atomic E-state index is 12.1. The number of carbonyl (C=O) groups excluding carboxylic acids is 1. The molecule has 0 spiro atoms. The Morgan fingerprint density at radius 3 is 2.32 bits per heavy atom. The average molecular weight is 362 g/mol. The van der Waals surface area contributed by atoms with Crippen molar-refractivity contribution in [2.75, 3.05) is 19.4 Å². The zero-order valence-electron chi connectivity index (χ0n) is 14.1. The number of nitrogens with one attached hydrogen (secondary N) is 2. The van der Waals surface area contributed by atoms with E-state index in [2.05, 4.69) is 10.6 Å². The van der Waals surface area contributed by atoms with Crippen LogP contribution in [0.3, 0.4) is 0 Å². The minimum absolute atomic E-state index is 0.00419. The van der Waals surface area contributed by atoms with E-state index in [0.717, 1.165) is 11.3 Å². The fourth-order valence-electron chi connectivity index (χ4n) is 2.20. The molecule has 2 aromatic carbocycles. The minimum atomic E-state index is -3.30.